The van der Waals surface area contributed by atoms with Crippen molar-refractivity contribution in [2.24, 2.45) is 5.16 Å². The van der Waals surface area contributed by atoms with Gasteiger partial charge in [0.25, 0.3) is 5.91 Å². The number of phosphoric acid groups is 1. The van der Waals surface area contributed by atoms with Crippen LogP contribution in [0.15, 0.2) is 41.1 Å². The van der Waals surface area contributed by atoms with Crippen LogP contribution in [0.1, 0.15) is 68.3 Å². The molecule has 0 saturated carbocycles. The van der Waals surface area contributed by atoms with Crippen molar-refractivity contribution < 1.29 is 43.1 Å². The molecule has 11 nitrogen and oxygen atoms in total. The number of phosphoric ester groups is 1. The number of allylic oxidation sites excluding steroid dienone is 3. The molecule has 3 N–H and O–H groups in total. The van der Waals surface area contributed by atoms with Gasteiger partial charge in [-0.1, -0.05) is 22.9 Å². The molecule has 208 valence electrons. The summed E-state index contributed by atoms with van der Waals surface area (Å²) in [5.41, 5.74) is 1.21. The number of fused-ring (bicyclic) bond motifs is 1. The number of oxime groups is 1. The lowest BCUT2D eigenvalue weighted by Gasteiger charge is -2.26. The number of esters is 1. The molecule has 2 heterocycles. The van der Waals surface area contributed by atoms with Gasteiger partial charge in [0.2, 0.25) is 0 Å². The van der Waals surface area contributed by atoms with E-state index in [4.69, 9.17) is 14.1 Å². The number of rotatable bonds is 5. The molecule has 12 heteroatoms. The van der Waals surface area contributed by atoms with Crippen LogP contribution in [0, 0.1) is 0 Å². The minimum atomic E-state index is -5.07. The van der Waals surface area contributed by atoms with Crippen molar-refractivity contribution in [3.8, 4) is 11.5 Å². The first-order chi connectivity index (χ1) is 18.0. The fraction of sp³-hybridized carbons (Fsp3) is 0.500. The third-order valence-corrected chi connectivity index (χ3v) is 6.54. The van der Waals surface area contributed by atoms with Crippen LogP contribution in [0.2, 0.25) is 0 Å². The number of carbonyl (C=O) groups excluding carboxylic acids is 2. The summed E-state index contributed by atoms with van der Waals surface area (Å²) in [6, 6.07) is 2.22. The van der Waals surface area contributed by atoms with E-state index in [0.717, 1.165) is 43.7 Å². The zero-order valence-corrected chi connectivity index (χ0v) is 22.6. The number of amides is 1. The maximum Gasteiger partial charge on any atom is 0.524 e. The largest absolute Gasteiger partial charge is 0.524 e. The quantitative estimate of drug-likeness (QED) is 0.213. The lowest BCUT2D eigenvalue weighted by atomic mass is 9.98. The number of carbonyl (C=O) groups is 2. The Bertz CT molecular complexity index is 1150. The monoisotopic (exact) mass is 550 g/mol. The smallest absolute Gasteiger partial charge is 0.508 e. The third-order valence-electron chi connectivity index (χ3n) is 6.10. The number of piperidine rings is 1. The summed E-state index contributed by atoms with van der Waals surface area (Å²) in [5.74, 6) is -1.94. The van der Waals surface area contributed by atoms with Gasteiger partial charge in [0.05, 0.1) is 5.71 Å². The first-order valence-electron chi connectivity index (χ1n) is 12.6. The van der Waals surface area contributed by atoms with Crippen LogP contribution < -0.4 is 4.52 Å². The minimum absolute atomic E-state index is 0.0736. The molecule has 3 rings (SSSR count). The summed E-state index contributed by atoms with van der Waals surface area (Å²) in [6.45, 7) is 4.72. The highest BCUT2D eigenvalue weighted by atomic mass is 31.2. The topological polar surface area (TPSA) is 155 Å². The molecule has 1 aromatic rings. The van der Waals surface area contributed by atoms with Crippen molar-refractivity contribution in [2.75, 3.05) is 19.7 Å². The first kappa shape index (κ1) is 29.4. The summed E-state index contributed by atoms with van der Waals surface area (Å²) in [5, 5.41) is 14.4. The predicted octanol–water partition coefficient (Wildman–Crippen LogP) is 4.02. The summed E-state index contributed by atoms with van der Waals surface area (Å²) in [4.78, 5) is 51.6. The van der Waals surface area contributed by atoms with E-state index in [9.17, 15) is 29.0 Å². The van der Waals surface area contributed by atoms with Gasteiger partial charge in [0.1, 0.15) is 23.2 Å². The number of hydrogen-bond donors (Lipinski definition) is 3. The number of phenolic OH excluding ortho intramolecular Hbond substituents is 1. The highest BCUT2D eigenvalue weighted by molar-refractivity contribution is 7.46. The van der Waals surface area contributed by atoms with Crippen molar-refractivity contribution in [1.29, 1.82) is 0 Å². The van der Waals surface area contributed by atoms with Gasteiger partial charge in [0.15, 0.2) is 6.61 Å². The fourth-order valence-corrected chi connectivity index (χ4v) is 4.70. The van der Waals surface area contributed by atoms with Crippen molar-refractivity contribution in [1.82, 2.24) is 4.90 Å². The third kappa shape index (κ3) is 9.31. The molecule has 0 aromatic heterocycles. The zero-order valence-electron chi connectivity index (χ0n) is 21.7. The molecule has 1 aromatic carbocycles. The Morgan fingerprint density at radius 2 is 1.95 bits per heavy atom. The van der Waals surface area contributed by atoms with Gasteiger partial charge in [-0.05, 0) is 63.7 Å². The first-order valence-corrected chi connectivity index (χ1v) is 14.2. The number of likely N-dealkylation sites (tertiary alicyclic amines) is 1. The highest BCUT2D eigenvalue weighted by Crippen LogP contribution is 2.42. The summed E-state index contributed by atoms with van der Waals surface area (Å²) < 4.78 is 21.9. The molecule has 0 unspecified atom stereocenters. The lowest BCUT2D eigenvalue weighted by Crippen LogP contribution is -2.37. The van der Waals surface area contributed by atoms with E-state index in [1.165, 1.54) is 6.07 Å². The van der Waals surface area contributed by atoms with Crippen LogP contribution in [0.25, 0.3) is 0 Å². The van der Waals surface area contributed by atoms with Crippen LogP contribution in [-0.4, -0.2) is 63.2 Å². The van der Waals surface area contributed by atoms with E-state index in [0.29, 0.717) is 25.2 Å². The van der Waals surface area contributed by atoms with Gasteiger partial charge < -0.3 is 24.1 Å². The highest BCUT2D eigenvalue weighted by Gasteiger charge is 2.28. The SMILES string of the molecule is C/C1=C\C(=N/OCC(=O)N2CCCCC2)Cc2cc(O)cc(OP(=O)(O)O)c2C(=O)O[C@H](C)C/C=C/CC1. The Balaban J connectivity index is 1.98. The Morgan fingerprint density at radius 3 is 2.66 bits per heavy atom. The molecule has 2 aliphatic rings. The minimum Gasteiger partial charge on any atom is -0.508 e. The molecule has 2 aliphatic heterocycles. The van der Waals surface area contributed by atoms with Crippen molar-refractivity contribution in [3.63, 3.8) is 0 Å². The summed E-state index contributed by atoms with van der Waals surface area (Å²) in [6.07, 6.45) is 9.94. The number of nitrogens with zero attached hydrogens (tertiary/aromatic N) is 2. The van der Waals surface area contributed by atoms with Crippen LogP contribution in [-0.2, 0) is 25.4 Å². The standard InChI is InChI=1S/C26H35N2O9P/c1-18-9-5-3-6-10-19(2)36-26(31)25-20(15-22(29)16-23(25)37-38(32,33)34)14-21(13-18)27-35-17-24(30)28-11-7-4-8-12-28/h3,6,13,15-16,19,29H,4-5,7-12,14,17H2,1-2H3,(H2,32,33,34)/b6-3+,18-13+,27-21+/t19-/m1/s1. The molecule has 1 fully saturated rings. The molecule has 0 radical (unpaired) electrons. The second kappa shape index (κ2) is 13.6. The van der Waals surface area contributed by atoms with E-state index in [1.807, 2.05) is 19.1 Å². The molecule has 1 saturated heterocycles. The van der Waals surface area contributed by atoms with Gasteiger partial charge >= 0.3 is 13.8 Å². The number of ether oxygens (including phenoxy) is 1. The van der Waals surface area contributed by atoms with Crippen LogP contribution >= 0.6 is 7.82 Å². The predicted molar refractivity (Wildman–Crippen MR) is 140 cm³/mol. The second-order valence-corrected chi connectivity index (χ2v) is 10.7. The Hall–Kier alpha value is -3.14. The summed E-state index contributed by atoms with van der Waals surface area (Å²) in [7, 11) is -5.07. The van der Waals surface area contributed by atoms with E-state index >= 15 is 0 Å². The molecular formula is C26H35N2O9P. The number of phenols is 1. The molecule has 0 bridgehead atoms. The van der Waals surface area contributed by atoms with E-state index in [1.54, 1.807) is 17.9 Å². The average molecular weight is 551 g/mol. The number of benzene rings is 1. The second-order valence-electron chi connectivity index (χ2n) is 9.49. The molecule has 1 amide bonds. The van der Waals surface area contributed by atoms with Crippen molar-refractivity contribution >= 4 is 25.4 Å². The van der Waals surface area contributed by atoms with Crippen LogP contribution in [0.3, 0.4) is 0 Å². The molecule has 38 heavy (non-hydrogen) atoms. The Kier molecular flexibility index (Phi) is 10.5. The lowest BCUT2D eigenvalue weighted by molar-refractivity contribution is -0.137. The number of aromatic hydroxyl groups is 1. The van der Waals surface area contributed by atoms with Gasteiger partial charge in [-0.25, -0.2) is 9.36 Å². The van der Waals surface area contributed by atoms with Crippen LogP contribution in [0.5, 0.6) is 11.5 Å². The van der Waals surface area contributed by atoms with Gasteiger partial charge in [-0.3, -0.25) is 14.6 Å². The number of cyclic esters (lactones) is 1. The van der Waals surface area contributed by atoms with Gasteiger partial charge in [0, 0.05) is 32.0 Å². The normalized spacial score (nSPS) is 22.9. The van der Waals surface area contributed by atoms with Crippen molar-refractivity contribution in [3.05, 3.63) is 47.1 Å². The zero-order chi connectivity index (χ0) is 27.7. The summed E-state index contributed by atoms with van der Waals surface area (Å²) >= 11 is 0. The Labute approximate surface area is 222 Å². The van der Waals surface area contributed by atoms with Gasteiger partial charge in [-0.15, -0.1) is 0 Å². The maximum atomic E-state index is 13.2. The molecule has 1 atom stereocenters. The van der Waals surface area contributed by atoms with Crippen LogP contribution in [0.4, 0.5) is 0 Å². The molecule has 0 spiro atoms. The fourth-order valence-electron chi connectivity index (χ4n) is 4.30. The van der Waals surface area contributed by atoms with Crippen molar-refractivity contribution in [2.45, 2.75) is 64.9 Å². The average Bonchev–Trinajstić information content (AvgIpc) is 2.82. The Morgan fingerprint density at radius 1 is 1.21 bits per heavy atom. The molecule has 0 aliphatic carbocycles. The van der Waals surface area contributed by atoms with E-state index in [2.05, 4.69) is 5.16 Å². The van der Waals surface area contributed by atoms with E-state index in [-0.39, 0.29) is 35.8 Å². The van der Waals surface area contributed by atoms with Gasteiger partial charge in [-0.2, -0.15) is 0 Å². The van der Waals surface area contributed by atoms with E-state index < -0.39 is 25.6 Å². The number of hydrogen-bond acceptors (Lipinski definition) is 8. The maximum absolute atomic E-state index is 13.2. The molecular weight excluding hydrogens is 515 g/mol.